The van der Waals surface area contributed by atoms with Crippen LogP contribution in [0, 0.1) is 12.7 Å². The highest BCUT2D eigenvalue weighted by Crippen LogP contribution is 2.28. The van der Waals surface area contributed by atoms with Gasteiger partial charge < -0.3 is 4.98 Å². The second kappa shape index (κ2) is 5.79. The van der Waals surface area contributed by atoms with Crippen molar-refractivity contribution in [2.45, 2.75) is 17.8 Å². The molecule has 0 bridgehead atoms. The van der Waals surface area contributed by atoms with Crippen LogP contribution in [-0.4, -0.2) is 9.97 Å². The second-order valence-corrected chi connectivity index (χ2v) is 7.04. The number of aryl methyl sites for hydroxylation is 1. The summed E-state index contributed by atoms with van der Waals surface area (Å²) in [6.45, 7) is 1.93. The maximum absolute atomic E-state index is 13.7. The zero-order chi connectivity index (χ0) is 15.0. The number of fused-ring (bicyclic) bond motifs is 1. The fourth-order valence-corrected chi connectivity index (χ4v) is 4.05. The molecule has 0 atom stereocenters. The number of thiophene rings is 1. The predicted molar refractivity (Wildman–Crippen MR) is 85.9 cm³/mol. The van der Waals surface area contributed by atoms with Gasteiger partial charge >= 0.3 is 0 Å². The summed E-state index contributed by atoms with van der Waals surface area (Å²) in [4.78, 5) is 20.8. The number of H-pyrrole nitrogens is 1. The van der Waals surface area contributed by atoms with Crippen LogP contribution in [0.2, 0.25) is 5.02 Å². The first-order valence-corrected chi connectivity index (χ1v) is 8.29. The Bertz CT molecular complexity index is 855. The summed E-state index contributed by atoms with van der Waals surface area (Å²) in [7, 11) is 0. The van der Waals surface area contributed by atoms with E-state index in [4.69, 9.17) is 11.6 Å². The molecule has 108 valence electrons. The molecule has 0 amide bonds. The monoisotopic (exact) mass is 340 g/mol. The van der Waals surface area contributed by atoms with Crippen LogP contribution in [0.1, 0.15) is 10.4 Å². The Labute approximate surface area is 133 Å². The lowest BCUT2D eigenvalue weighted by molar-refractivity contribution is 0.617. The van der Waals surface area contributed by atoms with Crippen molar-refractivity contribution in [3.8, 4) is 0 Å². The molecule has 3 nitrogen and oxygen atoms in total. The molecule has 7 heteroatoms. The topological polar surface area (TPSA) is 45.8 Å². The lowest BCUT2D eigenvalue weighted by Gasteiger charge is -2.05. The number of aromatic nitrogens is 2. The first kappa shape index (κ1) is 14.6. The van der Waals surface area contributed by atoms with Crippen LogP contribution in [0.15, 0.2) is 34.2 Å². The molecule has 2 heterocycles. The highest BCUT2D eigenvalue weighted by atomic mass is 35.5. The Hall–Kier alpha value is -1.37. The number of halogens is 2. The molecule has 0 aliphatic rings. The zero-order valence-electron chi connectivity index (χ0n) is 10.9. The first-order valence-electron chi connectivity index (χ1n) is 6.11. The van der Waals surface area contributed by atoms with Crippen LogP contribution >= 0.6 is 34.7 Å². The van der Waals surface area contributed by atoms with Crippen LogP contribution in [0.5, 0.6) is 0 Å². The lowest BCUT2D eigenvalue weighted by atomic mass is 10.2. The molecular weight excluding hydrogens is 331 g/mol. The third-order valence-electron chi connectivity index (χ3n) is 2.92. The third-order valence-corrected chi connectivity index (χ3v) is 5.12. The van der Waals surface area contributed by atoms with Crippen LogP contribution < -0.4 is 5.56 Å². The molecule has 3 rings (SSSR count). The number of benzene rings is 1. The van der Waals surface area contributed by atoms with E-state index in [0.717, 1.165) is 4.88 Å². The molecule has 3 aromatic rings. The van der Waals surface area contributed by atoms with Crippen molar-refractivity contribution in [2.24, 2.45) is 0 Å². The van der Waals surface area contributed by atoms with Gasteiger partial charge in [0.15, 0.2) is 5.16 Å². The number of rotatable bonds is 3. The smallest absolute Gasteiger partial charge is 0.260 e. The quantitative estimate of drug-likeness (QED) is 0.568. The maximum Gasteiger partial charge on any atom is 0.260 e. The molecular formula is C14H10ClFN2OS2. The minimum Gasteiger partial charge on any atom is -0.301 e. The SMILES string of the molecule is Cc1cc2c(=O)[nH]c(SCc3c(F)cccc3Cl)nc2s1. The largest absolute Gasteiger partial charge is 0.301 e. The number of hydrogen-bond acceptors (Lipinski definition) is 4. The van der Waals surface area contributed by atoms with E-state index in [9.17, 15) is 9.18 Å². The third kappa shape index (κ3) is 2.97. The Kier molecular flexibility index (Phi) is 4.01. The van der Waals surface area contributed by atoms with E-state index in [2.05, 4.69) is 9.97 Å². The highest BCUT2D eigenvalue weighted by Gasteiger charge is 2.11. The highest BCUT2D eigenvalue weighted by molar-refractivity contribution is 7.98. The molecule has 0 aliphatic heterocycles. The van der Waals surface area contributed by atoms with E-state index in [1.807, 2.05) is 13.0 Å². The van der Waals surface area contributed by atoms with Crippen LogP contribution in [0.3, 0.4) is 0 Å². The summed E-state index contributed by atoms with van der Waals surface area (Å²) in [5, 5.41) is 1.43. The number of hydrogen-bond donors (Lipinski definition) is 1. The van der Waals surface area contributed by atoms with E-state index in [-0.39, 0.29) is 11.4 Å². The summed E-state index contributed by atoms with van der Waals surface area (Å²) in [5.74, 6) is -0.0463. The molecule has 0 saturated heterocycles. The summed E-state index contributed by atoms with van der Waals surface area (Å²) in [5.41, 5.74) is 0.237. The van der Waals surface area contributed by atoms with Gasteiger partial charge in [-0.2, -0.15) is 0 Å². The molecule has 0 fully saturated rings. The number of aromatic amines is 1. The van der Waals surface area contributed by atoms with Gasteiger partial charge in [-0.15, -0.1) is 11.3 Å². The van der Waals surface area contributed by atoms with Crippen molar-refractivity contribution in [2.75, 3.05) is 0 Å². The second-order valence-electron chi connectivity index (χ2n) is 4.44. The van der Waals surface area contributed by atoms with Crippen molar-refractivity contribution in [3.05, 3.63) is 55.9 Å². The molecule has 0 spiro atoms. The number of thioether (sulfide) groups is 1. The minimum atomic E-state index is -0.356. The van der Waals surface area contributed by atoms with Gasteiger partial charge in [-0.1, -0.05) is 29.4 Å². The van der Waals surface area contributed by atoms with Crippen LogP contribution in [-0.2, 0) is 5.75 Å². The summed E-state index contributed by atoms with van der Waals surface area (Å²) in [6, 6.07) is 6.38. The Balaban J connectivity index is 1.90. The van der Waals surface area contributed by atoms with E-state index in [1.54, 1.807) is 12.1 Å². The number of nitrogens with one attached hydrogen (secondary N) is 1. The molecule has 1 N–H and O–H groups in total. The van der Waals surface area contributed by atoms with Crippen LogP contribution in [0.25, 0.3) is 10.2 Å². The Morgan fingerprint density at radius 3 is 3.05 bits per heavy atom. The van der Waals surface area contributed by atoms with E-state index < -0.39 is 0 Å². The summed E-state index contributed by atoms with van der Waals surface area (Å²) in [6.07, 6.45) is 0. The van der Waals surface area contributed by atoms with Gasteiger partial charge in [0, 0.05) is 21.2 Å². The van der Waals surface area contributed by atoms with Crippen molar-refractivity contribution in [1.29, 1.82) is 0 Å². The van der Waals surface area contributed by atoms with Gasteiger partial charge in [0.1, 0.15) is 10.6 Å². The average molecular weight is 341 g/mol. The number of nitrogens with zero attached hydrogens (tertiary/aromatic N) is 1. The predicted octanol–water partition coefficient (Wildman–Crippen LogP) is 4.38. The van der Waals surface area contributed by atoms with Gasteiger partial charge in [-0.25, -0.2) is 9.37 Å². The van der Waals surface area contributed by atoms with E-state index >= 15 is 0 Å². The molecule has 0 aliphatic carbocycles. The normalized spacial score (nSPS) is 11.2. The van der Waals surface area contributed by atoms with Gasteiger partial charge in [0.05, 0.1) is 5.39 Å². The van der Waals surface area contributed by atoms with Gasteiger partial charge in [0.25, 0.3) is 5.56 Å². The molecule has 1 aromatic carbocycles. The first-order chi connectivity index (χ1) is 10.0. The minimum absolute atomic E-state index is 0.175. The van der Waals surface area contributed by atoms with Gasteiger partial charge in [0.2, 0.25) is 0 Å². The fraction of sp³-hybridized carbons (Fsp3) is 0.143. The van der Waals surface area contributed by atoms with Gasteiger partial charge in [-0.05, 0) is 25.1 Å². The van der Waals surface area contributed by atoms with Crippen molar-refractivity contribution in [1.82, 2.24) is 9.97 Å². The van der Waals surface area contributed by atoms with Crippen molar-refractivity contribution in [3.63, 3.8) is 0 Å². The van der Waals surface area contributed by atoms with Crippen molar-refractivity contribution >= 4 is 44.9 Å². The van der Waals surface area contributed by atoms with E-state index in [0.29, 0.717) is 31.7 Å². The molecule has 0 saturated carbocycles. The van der Waals surface area contributed by atoms with Crippen LogP contribution in [0.4, 0.5) is 4.39 Å². The van der Waals surface area contributed by atoms with Gasteiger partial charge in [-0.3, -0.25) is 4.79 Å². The molecule has 0 radical (unpaired) electrons. The lowest BCUT2D eigenvalue weighted by Crippen LogP contribution is -2.07. The Morgan fingerprint density at radius 1 is 1.48 bits per heavy atom. The fourth-order valence-electron chi connectivity index (χ4n) is 1.91. The Morgan fingerprint density at radius 2 is 2.29 bits per heavy atom. The molecule has 0 unspecified atom stereocenters. The zero-order valence-corrected chi connectivity index (χ0v) is 13.3. The molecule has 21 heavy (non-hydrogen) atoms. The summed E-state index contributed by atoms with van der Waals surface area (Å²) >= 11 is 8.70. The van der Waals surface area contributed by atoms with E-state index in [1.165, 1.54) is 29.2 Å². The van der Waals surface area contributed by atoms with Crippen molar-refractivity contribution < 1.29 is 4.39 Å². The average Bonchev–Trinajstić information content (AvgIpc) is 2.79. The standard InChI is InChI=1S/C14H10ClFN2OS2/c1-7-5-8-12(19)17-14(18-13(8)21-7)20-6-9-10(15)3-2-4-11(9)16/h2-5H,6H2,1H3,(H,17,18,19). The molecule has 2 aromatic heterocycles. The summed E-state index contributed by atoms with van der Waals surface area (Å²) < 4.78 is 13.7. The maximum atomic E-state index is 13.7.